The predicted octanol–water partition coefficient (Wildman–Crippen LogP) is 1.75. The van der Waals surface area contributed by atoms with E-state index in [9.17, 15) is 13.6 Å². The van der Waals surface area contributed by atoms with Crippen LogP contribution in [0.15, 0.2) is 0 Å². The number of halogens is 2. The van der Waals surface area contributed by atoms with E-state index in [4.69, 9.17) is 5.11 Å². The maximum atomic E-state index is 12.8. The number of carboxylic acids is 1. The van der Waals surface area contributed by atoms with E-state index in [1.807, 2.05) is 0 Å². The van der Waals surface area contributed by atoms with Gasteiger partial charge >= 0.3 is 5.97 Å². The first-order valence-corrected chi connectivity index (χ1v) is 4.13. The zero-order valence-electron chi connectivity index (χ0n) is 6.46. The van der Waals surface area contributed by atoms with Crippen molar-refractivity contribution in [3.8, 4) is 0 Å². The van der Waals surface area contributed by atoms with Gasteiger partial charge in [-0.3, -0.25) is 4.79 Å². The van der Waals surface area contributed by atoms with E-state index in [-0.39, 0.29) is 5.92 Å². The Bertz CT molecular complexity index is 223. The van der Waals surface area contributed by atoms with E-state index in [1.54, 1.807) is 0 Å². The SMILES string of the molecule is O=C(O)C1CC(F)(F)C1C1CC1. The first-order chi connectivity index (χ1) is 5.52. The lowest BCUT2D eigenvalue weighted by Crippen LogP contribution is -2.51. The molecular weight excluding hydrogens is 166 g/mol. The summed E-state index contributed by atoms with van der Waals surface area (Å²) in [6, 6.07) is 0. The van der Waals surface area contributed by atoms with Gasteiger partial charge < -0.3 is 5.11 Å². The van der Waals surface area contributed by atoms with Gasteiger partial charge in [0.2, 0.25) is 0 Å². The normalized spacial score (nSPS) is 38.8. The maximum Gasteiger partial charge on any atom is 0.307 e. The van der Waals surface area contributed by atoms with Crippen molar-refractivity contribution in [2.75, 3.05) is 0 Å². The summed E-state index contributed by atoms with van der Waals surface area (Å²) in [5, 5.41) is 8.58. The van der Waals surface area contributed by atoms with Crippen molar-refractivity contribution in [3.05, 3.63) is 0 Å². The molecule has 68 valence electrons. The van der Waals surface area contributed by atoms with Crippen LogP contribution in [-0.2, 0) is 4.79 Å². The van der Waals surface area contributed by atoms with Gasteiger partial charge in [-0.1, -0.05) is 0 Å². The number of hydrogen-bond acceptors (Lipinski definition) is 1. The minimum Gasteiger partial charge on any atom is -0.481 e. The Labute approximate surface area is 68.6 Å². The monoisotopic (exact) mass is 176 g/mol. The Balaban J connectivity index is 2.07. The van der Waals surface area contributed by atoms with Crippen molar-refractivity contribution in [1.29, 1.82) is 0 Å². The molecule has 2 rings (SSSR count). The molecule has 1 N–H and O–H groups in total. The molecular formula is C8H10F2O2. The third-order valence-corrected chi connectivity index (χ3v) is 2.86. The summed E-state index contributed by atoms with van der Waals surface area (Å²) in [4.78, 5) is 10.5. The van der Waals surface area contributed by atoms with Gasteiger partial charge in [-0.05, 0) is 18.8 Å². The van der Waals surface area contributed by atoms with Crippen molar-refractivity contribution < 1.29 is 18.7 Å². The fourth-order valence-electron chi connectivity index (χ4n) is 2.06. The largest absolute Gasteiger partial charge is 0.481 e. The highest BCUT2D eigenvalue weighted by Crippen LogP contribution is 2.58. The van der Waals surface area contributed by atoms with Gasteiger partial charge in [0.15, 0.2) is 0 Å². The second-order valence-corrected chi connectivity index (χ2v) is 3.77. The summed E-state index contributed by atoms with van der Waals surface area (Å²) < 4.78 is 25.7. The van der Waals surface area contributed by atoms with Crippen molar-refractivity contribution in [2.24, 2.45) is 17.8 Å². The van der Waals surface area contributed by atoms with E-state index in [0.717, 1.165) is 12.8 Å². The van der Waals surface area contributed by atoms with E-state index in [2.05, 4.69) is 0 Å². The molecule has 4 heteroatoms. The molecule has 12 heavy (non-hydrogen) atoms. The zero-order valence-corrected chi connectivity index (χ0v) is 6.46. The molecule has 2 aliphatic rings. The molecule has 0 aromatic heterocycles. The molecule has 2 nitrogen and oxygen atoms in total. The standard InChI is InChI=1S/C8H10F2O2/c9-8(10)3-5(7(11)12)6(8)4-1-2-4/h4-6H,1-3H2,(H,11,12). The van der Waals surface area contributed by atoms with E-state index >= 15 is 0 Å². The number of hydrogen-bond donors (Lipinski definition) is 1. The van der Waals surface area contributed by atoms with E-state index in [1.165, 1.54) is 0 Å². The number of carbonyl (C=O) groups is 1. The Morgan fingerprint density at radius 3 is 2.33 bits per heavy atom. The van der Waals surface area contributed by atoms with Crippen LogP contribution in [0.3, 0.4) is 0 Å². The Morgan fingerprint density at radius 1 is 1.42 bits per heavy atom. The van der Waals surface area contributed by atoms with Crippen LogP contribution >= 0.6 is 0 Å². The van der Waals surface area contributed by atoms with Gasteiger partial charge in [0.05, 0.1) is 5.92 Å². The third-order valence-electron chi connectivity index (χ3n) is 2.86. The Kier molecular flexibility index (Phi) is 1.44. The van der Waals surface area contributed by atoms with Crippen molar-refractivity contribution in [3.63, 3.8) is 0 Å². The summed E-state index contributed by atoms with van der Waals surface area (Å²) in [6.45, 7) is 0. The van der Waals surface area contributed by atoms with Crippen LogP contribution in [0.25, 0.3) is 0 Å². The minimum absolute atomic E-state index is 0.0187. The first kappa shape index (κ1) is 7.95. The Morgan fingerprint density at radius 2 is 2.00 bits per heavy atom. The number of rotatable bonds is 2. The van der Waals surface area contributed by atoms with Crippen molar-refractivity contribution in [2.45, 2.75) is 25.2 Å². The number of aliphatic carboxylic acids is 1. The second kappa shape index (κ2) is 2.18. The van der Waals surface area contributed by atoms with Crippen molar-refractivity contribution in [1.82, 2.24) is 0 Å². The predicted molar refractivity (Wildman–Crippen MR) is 36.9 cm³/mol. The summed E-state index contributed by atoms with van der Waals surface area (Å²) in [5.41, 5.74) is 0. The van der Waals surface area contributed by atoms with Gasteiger partial charge in [-0.25, -0.2) is 8.78 Å². The molecule has 0 bridgehead atoms. The van der Waals surface area contributed by atoms with Crippen LogP contribution in [0, 0.1) is 17.8 Å². The van der Waals surface area contributed by atoms with Crippen LogP contribution < -0.4 is 0 Å². The Hall–Kier alpha value is -0.670. The van der Waals surface area contributed by atoms with Crippen molar-refractivity contribution >= 4 is 5.97 Å². The maximum absolute atomic E-state index is 12.8. The molecule has 0 spiro atoms. The zero-order chi connectivity index (χ0) is 8.93. The van der Waals surface area contributed by atoms with E-state index in [0.29, 0.717) is 0 Å². The summed E-state index contributed by atoms with van der Waals surface area (Å²) in [5.74, 6) is -5.43. The van der Waals surface area contributed by atoms with Gasteiger partial charge in [0.1, 0.15) is 0 Å². The van der Waals surface area contributed by atoms with Crippen LogP contribution in [0.1, 0.15) is 19.3 Å². The molecule has 2 unspecified atom stereocenters. The number of carboxylic acid groups (broad SMARTS) is 1. The lowest BCUT2D eigenvalue weighted by Gasteiger charge is -2.42. The highest BCUT2D eigenvalue weighted by Gasteiger charge is 2.63. The second-order valence-electron chi connectivity index (χ2n) is 3.77. The lowest BCUT2D eigenvalue weighted by molar-refractivity contribution is -0.200. The molecule has 2 saturated carbocycles. The fourth-order valence-corrected chi connectivity index (χ4v) is 2.06. The molecule has 0 saturated heterocycles. The van der Waals surface area contributed by atoms with Crippen LogP contribution in [0.5, 0.6) is 0 Å². The lowest BCUT2D eigenvalue weighted by atomic mass is 9.67. The number of alkyl halides is 2. The van der Waals surface area contributed by atoms with Gasteiger partial charge in [-0.2, -0.15) is 0 Å². The molecule has 0 aromatic carbocycles. The molecule has 2 atom stereocenters. The smallest absolute Gasteiger partial charge is 0.307 e. The molecule has 0 heterocycles. The average molecular weight is 176 g/mol. The van der Waals surface area contributed by atoms with E-state index < -0.39 is 30.1 Å². The molecule has 0 aliphatic heterocycles. The topological polar surface area (TPSA) is 37.3 Å². The first-order valence-electron chi connectivity index (χ1n) is 4.13. The minimum atomic E-state index is -2.70. The molecule has 0 amide bonds. The summed E-state index contributed by atoms with van der Waals surface area (Å²) >= 11 is 0. The van der Waals surface area contributed by atoms with Gasteiger partial charge in [-0.15, -0.1) is 0 Å². The highest BCUT2D eigenvalue weighted by molar-refractivity contribution is 5.72. The third kappa shape index (κ3) is 1.01. The fraction of sp³-hybridized carbons (Fsp3) is 0.875. The molecule has 0 radical (unpaired) electrons. The van der Waals surface area contributed by atoms with Gasteiger partial charge in [0.25, 0.3) is 5.92 Å². The summed E-state index contributed by atoms with van der Waals surface area (Å²) in [7, 11) is 0. The molecule has 0 aromatic rings. The molecule has 2 aliphatic carbocycles. The average Bonchev–Trinajstić information content (AvgIpc) is 2.67. The van der Waals surface area contributed by atoms with Gasteiger partial charge in [0, 0.05) is 12.3 Å². The summed E-state index contributed by atoms with van der Waals surface area (Å²) in [6.07, 6.45) is 1.11. The van der Waals surface area contributed by atoms with Crippen LogP contribution in [0.4, 0.5) is 8.78 Å². The van der Waals surface area contributed by atoms with Crippen LogP contribution in [0.2, 0.25) is 0 Å². The quantitative estimate of drug-likeness (QED) is 0.695. The van der Waals surface area contributed by atoms with Crippen LogP contribution in [-0.4, -0.2) is 17.0 Å². The molecule has 2 fully saturated rings. The highest BCUT2D eigenvalue weighted by atomic mass is 19.3.